The van der Waals surface area contributed by atoms with Crippen LogP contribution in [0, 0.1) is 17.2 Å². The van der Waals surface area contributed by atoms with Crippen molar-refractivity contribution in [1.82, 2.24) is 15.5 Å². The summed E-state index contributed by atoms with van der Waals surface area (Å²) < 4.78 is 51.9. The summed E-state index contributed by atoms with van der Waals surface area (Å²) in [6.45, 7) is 3.56. The van der Waals surface area contributed by atoms with E-state index in [9.17, 15) is 27.2 Å². The molecule has 0 unspecified atom stereocenters. The quantitative estimate of drug-likeness (QED) is 0.655. The number of nitrogens with one attached hydrogen (secondary N) is 2. The largest absolute Gasteiger partial charge is 0.410 e. The van der Waals surface area contributed by atoms with Gasteiger partial charge in [0.25, 0.3) is 5.91 Å². The molecule has 0 aromatic heterocycles. The van der Waals surface area contributed by atoms with Gasteiger partial charge in [0.05, 0.1) is 6.54 Å². The number of carbonyl (C=O) groups excluding carboxylic acids is 2. The lowest BCUT2D eigenvalue weighted by atomic mass is 9.57. The van der Waals surface area contributed by atoms with E-state index < -0.39 is 29.3 Å². The van der Waals surface area contributed by atoms with Crippen LogP contribution in [0.15, 0.2) is 18.2 Å². The first-order chi connectivity index (χ1) is 13.8. The summed E-state index contributed by atoms with van der Waals surface area (Å²) in [5.74, 6) is -1.34. The average Bonchev–Trinajstić information content (AvgIpc) is 2.51. The fourth-order valence-corrected chi connectivity index (χ4v) is 4.49. The van der Waals surface area contributed by atoms with Gasteiger partial charge in [0.2, 0.25) is 5.91 Å². The van der Waals surface area contributed by atoms with Crippen LogP contribution >= 0.6 is 11.6 Å². The van der Waals surface area contributed by atoms with Crippen molar-refractivity contribution in [1.29, 1.82) is 0 Å². The first kappa shape index (κ1) is 22.8. The Bertz CT molecular complexity index is 810. The number of hydrogen-bond donors (Lipinski definition) is 2. The van der Waals surface area contributed by atoms with Crippen LogP contribution in [0.1, 0.15) is 37.0 Å². The molecule has 0 bridgehead atoms. The van der Waals surface area contributed by atoms with E-state index >= 15 is 0 Å². The van der Waals surface area contributed by atoms with Gasteiger partial charge < -0.3 is 10.6 Å². The Morgan fingerprint density at radius 3 is 2.40 bits per heavy atom. The smallest absolute Gasteiger partial charge is 0.352 e. The molecular weight excluding hydrogens is 426 g/mol. The SMILES string of the molecule is CC(C)(NC(=O)CN1CC2(CC(CNC(=O)c3cc(F)cc(Cl)c3)C2)C1)C(F)(F)F. The second kappa shape index (κ2) is 8.00. The van der Waals surface area contributed by atoms with Crippen LogP contribution < -0.4 is 10.6 Å². The maximum Gasteiger partial charge on any atom is 0.410 e. The van der Waals surface area contributed by atoms with E-state index in [1.807, 2.05) is 10.2 Å². The van der Waals surface area contributed by atoms with E-state index in [0.717, 1.165) is 38.8 Å². The minimum atomic E-state index is -4.51. The molecule has 1 aromatic rings. The molecule has 30 heavy (non-hydrogen) atoms. The van der Waals surface area contributed by atoms with Crippen LogP contribution in [0.25, 0.3) is 0 Å². The summed E-state index contributed by atoms with van der Waals surface area (Å²) in [6, 6.07) is 3.65. The third-order valence-corrected chi connectivity index (χ3v) is 5.98. The lowest BCUT2D eigenvalue weighted by Gasteiger charge is -2.59. The third kappa shape index (κ3) is 5.06. The molecule has 2 amide bonds. The molecule has 5 nitrogen and oxygen atoms in total. The number of rotatable bonds is 6. The molecule has 2 aliphatic rings. The van der Waals surface area contributed by atoms with Gasteiger partial charge >= 0.3 is 6.18 Å². The number of benzene rings is 1. The number of likely N-dealkylation sites (tertiary alicyclic amines) is 1. The fourth-order valence-electron chi connectivity index (χ4n) is 4.27. The van der Waals surface area contributed by atoms with E-state index in [0.29, 0.717) is 19.6 Å². The third-order valence-electron chi connectivity index (χ3n) is 5.77. The van der Waals surface area contributed by atoms with E-state index in [1.54, 1.807) is 0 Å². The number of nitrogens with zero attached hydrogens (tertiary/aromatic N) is 1. The molecule has 3 rings (SSSR count). The molecule has 1 saturated carbocycles. The van der Waals surface area contributed by atoms with Crippen molar-refractivity contribution < 1.29 is 27.2 Å². The highest BCUT2D eigenvalue weighted by molar-refractivity contribution is 6.31. The second-order valence-corrected chi connectivity index (χ2v) is 9.39. The maximum absolute atomic E-state index is 13.3. The second-order valence-electron chi connectivity index (χ2n) is 8.96. The first-order valence-electron chi connectivity index (χ1n) is 9.63. The number of hydrogen-bond acceptors (Lipinski definition) is 3. The summed E-state index contributed by atoms with van der Waals surface area (Å²) in [6.07, 6.45) is -2.78. The van der Waals surface area contributed by atoms with Crippen molar-refractivity contribution >= 4 is 23.4 Å². The predicted molar refractivity (Wildman–Crippen MR) is 104 cm³/mol. The van der Waals surface area contributed by atoms with Crippen molar-refractivity contribution in [3.8, 4) is 0 Å². The van der Waals surface area contributed by atoms with Gasteiger partial charge in [-0.1, -0.05) is 11.6 Å². The summed E-state index contributed by atoms with van der Waals surface area (Å²) in [5, 5.41) is 4.96. The molecule has 1 saturated heterocycles. The lowest BCUT2D eigenvalue weighted by Crippen LogP contribution is -2.65. The Labute approximate surface area is 177 Å². The topological polar surface area (TPSA) is 61.4 Å². The Hall–Kier alpha value is -1.87. The maximum atomic E-state index is 13.3. The van der Waals surface area contributed by atoms with E-state index in [1.165, 1.54) is 6.07 Å². The molecule has 1 aliphatic heterocycles. The molecule has 2 N–H and O–H groups in total. The van der Waals surface area contributed by atoms with E-state index in [4.69, 9.17) is 11.6 Å². The molecule has 0 radical (unpaired) electrons. The molecule has 166 valence electrons. The van der Waals surface area contributed by atoms with Gasteiger partial charge in [-0.2, -0.15) is 13.2 Å². The summed E-state index contributed by atoms with van der Waals surface area (Å²) in [7, 11) is 0. The average molecular weight is 450 g/mol. The Morgan fingerprint density at radius 1 is 1.20 bits per heavy atom. The van der Waals surface area contributed by atoms with Crippen LogP contribution in [0.5, 0.6) is 0 Å². The minimum Gasteiger partial charge on any atom is -0.352 e. The molecule has 0 atom stereocenters. The minimum absolute atomic E-state index is 0.0665. The summed E-state index contributed by atoms with van der Waals surface area (Å²) >= 11 is 5.76. The standard InChI is InChI=1S/C20H24ClF4N3O2/c1-18(2,20(23,24)25)27-16(29)9-28-10-19(11-28)6-12(7-19)8-26-17(30)13-3-14(21)5-15(22)4-13/h3-5,12H,6-11H2,1-2H3,(H,26,30)(H,27,29). The predicted octanol–water partition coefficient (Wildman–Crippen LogP) is 3.38. The Balaban J connectivity index is 1.37. The van der Waals surface area contributed by atoms with Gasteiger partial charge in [-0.15, -0.1) is 0 Å². The van der Waals surface area contributed by atoms with Gasteiger partial charge in [-0.3, -0.25) is 14.5 Å². The molecule has 1 spiro atoms. The van der Waals surface area contributed by atoms with Crippen molar-refractivity contribution in [3.05, 3.63) is 34.6 Å². The number of halogens is 5. The fraction of sp³-hybridized carbons (Fsp3) is 0.600. The Morgan fingerprint density at radius 2 is 1.83 bits per heavy atom. The van der Waals surface area contributed by atoms with Gasteiger partial charge in [0, 0.05) is 30.2 Å². The highest BCUT2D eigenvalue weighted by Crippen LogP contribution is 2.51. The number of alkyl halides is 3. The molecule has 2 fully saturated rings. The van der Waals surface area contributed by atoms with Crippen LogP contribution in [-0.2, 0) is 4.79 Å². The van der Waals surface area contributed by atoms with Crippen molar-refractivity contribution in [2.45, 2.75) is 38.4 Å². The van der Waals surface area contributed by atoms with Crippen molar-refractivity contribution in [2.75, 3.05) is 26.2 Å². The number of amides is 2. The lowest BCUT2D eigenvalue weighted by molar-refractivity contribution is -0.189. The van der Waals surface area contributed by atoms with Crippen LogP contribution in [0.4, 0.5) is 17.6 Å². The summed E-state index contributed by atoms with van der Waals surface area (Å²) in [4.78, 5) is 25.9. The molecule has 1 aromatic carbocycles. The monoisotopic (exact) mass is 449 g/mol. The Kier molecular flexibility index (Phi) is 6.08. The molecule has 10 heteroatoms. The van der Waals surface area contributed by atoms with Crippen molar-refractivity contribution in [2.24, 2.45) is 11.3 Å². The van der Waals surface area contributed by atoms with Gasteiger partial charge in [-0.05, 0) is 56.2 Å². The van der Waals surface area contributed by atoms with E-state index in [2.05, 4.69) is 5.32 Å². The zero-order chi connectivity index (χ0) is 22.3. The number of carbonyl (C=O) groups is 2. The molecule has 1 heterocycles. The highest BCUT2D eigenvalue weighted by Gasteiger charge is 2.53. The molecular formula is C20H24ClF4N3O2. The van der Waals surface area contributed by atoms with Gasteiger partial charge in [-0.25, -0.2) is 4.39 Å². The van der Waals surface area contributed by atoms with Crippen LogP contribution in [-0.4, -0.2) is 54.6 Å². The molecule has 1 aliphatic carbocycles. The first-order valence-corrected chi connectivity index (χ1v) is 10.0. The summed E-state index contributed by atoms with van der Waals surface area (Å²) in [5.41, 5.74) is -2.04. The zero-order valence-electron chi connectivity index (χ0n) is 16.7. The van der Waals surface area contributed by atoms with Crippen LogP contribution in [0.3, 0.4) is 0 Å². The highest BCUT2D eigenvalue weighted by atomic mass is 35.5. The van der Waals surface area contributed by atoms with Gasteiger partial charge in [0.1, 0.15) is 11.4 Å². The van der Waals surface area contributed by atoms with Crippen molar-refractivity contribution in [3.63, 3.8) is 0 Å². The normalized spacial score (nSPS) is 19.2. The zero-order valence-corrected chi connectivity index (χ0v) is 17.5. The van der Waals surface area contributed by atoms with Gasteiger partial charge in [0.15, 0.2) is 0 Å². The van der Waals surface area contributed by atoms with Crippen LogP contribution in [0.2, 0.25) is 5.02 Å². The van der Waals surface area contributed by atoms with E-state index in [-0.39, 0.29) is 28.5 Å².